The fraction of sp³-hybridized carbons (Fsp3) is 0. The van der Waals surface area contributed by atoms with Gasteiger partial charge in [-0.2, -0.15) is 0 Å². The minimum absolute atomic E-state index is 0.00386. The van der Waals surface area contributed by atoms with Crippen LogP contribution in [0.3, 0.4) is 0 Å². The second-order valence-corrected chi connectivity index (χ2v) is 2.17. The van der Waals surface area contributed by atoms with E-state index >= 15 is 0 Å². The molecule has 3 N–H and O–H groups in total. The monoisotopic (exact) mass is 155 g/mol. The largest absolute Gasteiger partial charge is 0.384 e. The van der Waals surface area contributed by atoms with Gasteiger partial charge in [-0.1, -0.05) is 11.6 Å². The van der Waals surface area contributed by atoms with Crippen molar-refractivity contribution in [3.8, 4) is 0 Å². The molecule has 1 aromatic rings. The van der Waals surface area contributed by atoms with Crippen LogP contribution < -0.4 is 5.73 Å². The molecule has 10 heavy (non-hydrogen) atoms. The number of rotatable bonds is 1. The van der Waals surface area contributed by atoms with E-state index in [1.165, 1.54) is 6.20 Å². The lowest BCUT2D eigenvalue weighted by Crippen LogP contribution is -2.10. The van der Waals surface area contributed by atoms with Crippen molar-refractivity contribution in [3.05, 3.63) is 29.0 Å². The van der Waals surface area contributed by atoms with Crippen LogP contribution in [0.1, 0.15) is 5.56 Å². The highest BCUT2D eigenvalue weighted by molar-refractivity contribution is 6.29. The molecule has 0 unspecified atom stereocenters. The molecule has 3 nitrogen and oxygen atoms in total. The fourth-order valence-corrected chi connectivity index (χ4v) is 0.647. The summed E-state index contributed by atoms with van der Waals surface area (Å²) < 4.78 is 0. The van der Waals surface area contributed by atoms with E-state index < -0.39 is 0 Å². The summed E-state index contributed by atoms with van der Waals surface area (Å²) >= 11 is 5.49. The first-order valence-corrected chi connectivity index (χ1v) is 3.04. The number of amidine groups is 1. The number of aromatic nitrogens is 1. The molecule has 0 aliphatic rings. The van der Waals surface area contributed by atoms with E-state index in [-0.39, 0.29) is 5.84 Å². The average Bonchev–Trinajstić information content (AvgIpc) is 1.88. The van der Waals surface area contributed by atoms with Crippen LogP contribution in [0, 0.1) is 5.41 Å². The standard InChI is InChI=1S/C6H6ClN3/c7-5-2-1-4(3-10-5)6(8)9/h1-3H,(H3,8,9). The Hall–Kier alpha value is -1.09. The molecule has 1 heterocycles. The lowest BCUT2D eigenvalue weighted by Gasteiger charge is -1.94. The van der Waals surface area contributed by atoms with Gasteiger partial charge < -0.3 is 5.73 Å². The minimum Gasteiger partial charge on any atom is -0.384 e. The first-order valence-electron chi connectivity index (χ1n) is 2.66. The van der Waals surface area contributed by atoms with Gasteiger partial charge in [-0.3, -0.25) is 5.41 Å². The third kappa shape index (κ3) is 1.45. The average molecular weight is 156 g/mol. The van der Waals surface area contributed by atoms with Crippen molar-refractivity contribution in [2.75, 3.05) is 0 Å². The number of nitrogens with zero attached hydrogens (tertiary/aromatic N) is 1. The normalized spacial score (nSPS) is 9.30. The van der Waals surface area contributed by atoms with Crippen LogP contribution in [0.5, 0.6) is 0 Å². The molecule has 0 spiro atoms. The van der Waals surface area contributed by atoms with E-state index in [1.54, 1.807) is 12.1 Å². The van der Waals surface area contributed by atoms with Gasteiger partial charge in [0.1, 0.15) is 11.0 Å². The first-order chi connectivity index (χ1) is 4.70. The molecular formula is C6H6ClN3. The van der Waals surface area contributed by atoms with E-state index in [0.29, 0.717) is 10.7 Å². The number of nitrogens with two attached hydrogens (primary N) is 1. The summed E-state index contributed by atoms with van der Waals surface area (Å²) in [6.45, 7) is 0. The Labute approximate surface area is 63.3 Å². The van der Waals surface area contributed by atoms with Crippen LogP contribution in [-0.2, 0) is 0 Å². The molecule has 0 amide bonds. The number of halogens is 1. The van der Waals surface area contributed by atoms with Crippen LogP contribution in [-0.4, -0.2) is 10.8 Å². The van der Waals surface area contributed by atoms with Crippen molar-refractivity contribution in [2.45, 2.75) is 0 Å². The Kier molecular flexibility index (Phi) is 1.87. The van der Waals surface area contributed by atoms with Crippen molar-refractivity contribution in [3.63, 3.8) is 0 Å². The summed E-state index contributed by atoms with van der Waals surface area (Å²) in [5, 5.41) is 7.41. The van der Waals surface area contributed by atoms with Gasteiger partial charge in [-0.15, -0.1) is 0 Å². The van der Waals surface area contributed by atoms with Crippen LogP contribution in [0.25, 0.3) is 0 Å². The van der Waals surface area contributed by atoms with Crippen molar-refractivity contribution in [1.29, 1.82) is 5.41 Å². The summed E-state index contributed by atoms with van der Waals surface area (Å²) in [7, 11) is 0. The molecule has 0 bridgehead atoms. The molecule has 0 fully saturated rings. The Morgan fingerprint density at radius 1 is 1.60 bits per heavy atom. The predicted molar refractivity (Wildman–Crippen MR) is 40.3 cm³/mol. The molecule has 0 saturated carbocycles. The third-order valence-corrected chi connectivity index (χ3v) is 1.26. The topological polar surface area (TPSA) is 62.8 Å². The summed E-state index contributed by atoms with van der Waals surface area (Å²) in [5.41, 5.74) is 5.75. The van der Waals surface area contributed by atoms with Gasteiger partial charge in [-0.05, 0) is 12.1 Å². The zero-order valence-corrected chi connectivity index (χ0v) is 5.89. The van der Waals surface area contributed by atoms with Gasteiger partial charge in [0.05, 0.1) is 0 Å². The van der Waals surface area contributed by atoms with E-state index in [4.69, 9.17) is 22.7 Å². The smallest absolute Gasteiger partial charge is 0.129 e. The summed E-state index contributed by atoms with van der Waals surface area (Å²) in [6.07, 6.45) is 1.46. The highest BCUT2D eigenvalue weighted by atomic mass is 35.5. The zero-order chi connectivity index (χ0) is 7.56. The highest BCUT2D eigenvalue weighted by Gasteiger charge is 1.94. The third-order valence-electron chi connectivity index (χ3n) is 1.04. The molecule has 0 atom stereocenters. The molecule has 52 valence electrons. The van der Waals surface area contributed by atoms with Crippen molar-refractivity contribution in [2.24, 2.45) is 5.73 Å². The molecule has 1 rings (SSSR count). The van der Waals surface area contributed by atoms with Gasteiger partial charge in [0, 0.05) is 11.8 Å². The molecule has 0 saturated heterocycles. The minimum atomic E-state index is 0.00386. The van der Waals surface area contributed by atoms with Crippen molar-refractivity contribution < 1.29 is 0 Å². The summed E-state index contributed by atoms with van der Waals surface area (Å²) in [5.74, 6) is 0.00386. The number of pyridine rings is 1. The molecular weight excluding hydrogens is 150 g/mol. The molecule has 0 aromatic carbocycles. The van der Waals surface area contributed by atoms with E-state index in [2.05, 4.69) is 4.98 Å². The molecule has 1 aromatic heterocycles. The maximum atomic E-state index is 7.00. The molecule has 4 heteroatoms. The zero-order valence-electron chi connectivity index (χ0n) is 5.13. The number of hydrogen-bond donors (Lipinski definition) is 2. The van der Waals surface area contributed by atoms with Gasteiger partial charge in [-0.25, -0.2) is 4.98 Å². The summed E-state index contributed by atoms with van der Waals surface area (Å²) in [4.78, 5) is 3.74. The Morgan fingerprint density at radius 3 is 2.70 bits per heavy atom. The highest BCUT2D eigenvalue weighted by Crippen LogP contribution is 2.03. The van der Waals surface area contributed by atoms with E-state index in [0.717, 1.165) is 0 Å². The quantitative estimate of drug-likeness (QED) is 0.361. The lowest BCUT2D eigenvalue weighted by atomic mass is 10.3. The second-order valence-electron chi connectivity index (χ2n) is 1.78. The van der Waals surface area contributed by atoms with Gasteiger partial charge in [0.2, 0.25) is 0 Å². The second kappa shape index (κ2) is 2.66. The van der Waals surface area contributed by atoms with E-state index in [1.807, 2.05) is 0 Å². The maximum absolute atomic E-state index is 7.00. The van der Waals surface area contributed by atoms with Crippen LogP contribution >= 0.6 is 11.6 Å². The number of nitrogens with one attached hydrogen (secondary N) is 1. The van der Waals surface area contributed by atoms with E-state index in [9.17, 15) is 0 Å². The lowest BCUT2D eigenvalue weighted by molar-refractivity contribution is 1.30. The Bertz CT molecular complexity index is 242. The Morgan fingerprint density at radius 2 is 2.30 bits per heavy atom. The first kappa shape index (κ1) is 7.02. The molecule has 0 aliphatic carbocycles. The summed E-state index contributed by atoms with van der Waals surface area (Å²) in [6, 6.07) is 3.25. The SMILES string of the molecule is N=C(N)c1ccc(Cl)nc1. The van der Waals surface area contributed by atoms with Crippen molar-refractivity contribution in [1.82, 2.24) is 4.98 Å². The van der Waals surface area contributed by atoms with Gasteiger partial charge >= 0.3 is 0 Å². The number of hydrogen-bond acceptors (Lipinski definition) is 2. The molecule has 0 radical (unpaired) electrons. The van der Waals surface area contributed by atoms with Crippen LogP contribution in [0.15, 0.2) is 18.3 Å². The van der Waals surface area contributed by atoms with Gasteiger partial charge in [0.25, 0.3) is 0 Å². The fourth-order valence-electron chi connectivity index (χ4n) is 0.535. The van der Waals surface area contributed by atoms with Crippen LogP contribution in [0.2, 0.25) is 5.15 Å². The van der Waals surface area contributed by atoms with Crippen molar-refractivity contribution >= 4 is 17.4 Å². The molecule has 0 aliphatic heterocycles. The number of nitrogen functional groups attached to an aromatic ring is 1. The predicted octanol–water partition coefficient (Wildman–Crippen LogP) is 1.02. The maximum Gasteiger partial charge on any atom is 0.129 e. The Balaban J connectivity index is 3.00. The van der Waals surface area contributed by atoms with Gasteiger partial charge in [0.15, 0.2) is 0 Å². The van der Waals surface area contributed by atoms with Crippen LogP contribution in [0.4, 0.5) is 0 Å².